The molecule has 0 saturated carbocycles. The predicted octanol–water partition coefficient (Wildman–Crippen LogP) is 18.4. The van der Waals surface area contributed by atoms with Gasteiger partial charge in [0.05, 0.1) is 11.4 Å². The van der Waals surface area contributed by atoms with Crippen LogP contribution in [-0.4, -0.2) is 0 Å². The van der Waals surface area contributed by atoms with Crippen LogP contribution in [0.4, 0.5) is 17.1 Å². The summed E-state index contributed by atoms with van der Waals surface area (Å²) in [5.74, 6) is 0. The molecule has 2 nitrogen and oxygen atoms in total. The molecule has 0 aliphatic rings. The van der Waals surface area contributed by atoms with Gasteiger partial charge < -0.3 is 9.32 Å². The van der Waals surface area contributed by atoms with Gasteiger partial charge in [-0.2, -0.15) is 0 Å². The van der Waals surface area contributed by atoms with E-state index in [9.17, 15) is 0 Å². The Morgan fingerprint density at radius 1 is 0.344 bits per heavy atom. The standard InChI is InChI=1S/C62H63NO/c1-59(2,3)42-34-41(35-43(36-42)60(4,5)6)47-27-19-22-40-23-20-28-50(57(40)47)48-24-13-16-30-53(48)63(46-38-44(61(7,8)9)37-45(39-46)62(10,11)12)54-31-17-14-25-49(54)51-29-21-33-56-58(51)52-26-15-18-32-55(52)64-56/h13-39H,1-12H3. The van der Waals surface area contributed by atoms with Gasteiger partial charge in [-0.05, 0) is 113 Å². The van der Waals surface area contributed by atoms with Gasteiger partial charge in [0, 0.05) is 27.6 Å². The Hall–Kier alpha value is -6.38. The lowest BCUT2D eigenvalue weighted by Crippen LogP contribution is -2.19. The minimum absolute atomic E-state index is 0.00943. The topological polar surface area (TPSA) is 16.4 Å². The van der Waals surface area contributed by atoms with Crippen molar-refractivity contribution in [2.24, 2.45) is 0 Å². The van der Waals surface area contributed by atoms with E-state index in [2.05, 4.69) is 252 Å². The first kappa shape index (κ1) is 42.9. The van der Waals surface area contributed by atoms with E-state index in [1.54, 1.807) is 0 Å². The number of nitrogens with zero attached hydrogens (tertiary/aromatic N) is 1. The van der Waals surface area contributed by atoms with Gasteiger partial charge in [-0.15, -0.1) is 0 Å². The van der Waals surface area contributed by atoms with Crippen molar-refractivity contribution in [1.82, 2.24) is 0 Å². The molecule has 0 unspecified atom stereocenters. The highest BCUT2D eigenvalue weighted by molar-refractivity contribution is 6.14. The van der Waals surface area contributed by atoms with Gasteiger partial charge in [0.2, 0.25) is 0 Å². The minimum atomic E-state index is -0.0833. The van der Waals surface area contributed by atoms with Gasteiger partial charge in [-0.1, -0.05) is 210 Å². The van der Waals surface area contributed by atoms with Crippen molar-refractivity contribution < 1.29 is 4.42 Å². The van der Waals surface area contributed by atoms with Crippen LogP contribution in [0.15, 0.2) is 168 Å². The molecule has 9 aromatic rings. The normalized spacial score (nSPS) is 12.7. The van der Waals surface area contributed by atoms with E-state index >= 15 is 0 Å². The molecule has 8 aromatic carbocycles. The maximum absolute atomic E-state index is 6.49. The molecule has 0 spiro atoms. The summed E-state index contributed by atoms with van der Waals surface area (Å²) >= 11 is 0. The quantitative estimate of drug-likeness (QED) is 0.166. The van der Waals surface area contributed by atoms with E-state index in [-0.39, 0.29) is 21.7 Å². The molecule has 322 valence electrons. The van der Waals surface area contributed by atoms with Crippen molar-refractivity contribution in [3.63, 3.8) is 0 Å². The van der Waals surface area contributed by atoms with Gasteiger partial charge in [0.1, 0.15) is 11.2 Å². The third-order valence-corrected chi connectivity index (χ3v) is 13.1. The van der Waals surface area contributed by atoms with Crippen LogP contribution in [0, 0.1) is 0 Å². The number of hydrogen-bond acceptors (Lipinski definition) is 2. The summed E-state index contributed by atoms with van der Waals surface area (Å²) in [6.07, 6.45) is 0. The number of furan rings is 1. The van der Waals surface area contributed by atoms with Gasteiger partial charge in [0.25, 0.3) is 0 Å². The molecule has 0 atom stereocenters. The molecular weight excluding hydrogens is 775 g/mol. The molecule has 2 heteroatoms. The average molecular weight is 838 g/mol. The lowest BCUT2D eigenvalue weighted by atomic mass is 9.78. The summed E-state index contributed by atoms with van der Waals surface area (Å²) < 4.78 is 6.49. The van der Waals surface area contributed by atoms with E-state index in [1.807, 2.05) is 0 Å². The van der Waals surface area contributed by atoms with Crippen molar-refractivity contribution in [3.05, 3.63) is 186 Å². The van der Waals surface area contributed by atoms with Crippen LogP contribution in [0.3, 0.4) is 0 Å². The second-order valence-electron chi connectivity index (χ2n) is 21.9. The van der Waals surface area contributed by atoms with E-state index in [0.29, 0.717) is 0 Å². The smallest absolute Gasteiger partial charge is 0.136 e. The first-order chi connectivity index (χ1) is 30.3. The Morgan fingerprint density at radius 2 is 0.750 bits per heavy atom. The van der Waals surface area contributed by atoms with E-state index < -0.39 is 0 Å². The molecule has 1 aromatic heterocycles. The number of hydrogen-bond donors (Lipinski definition) is 0. The van der Waals surface area contributed by atoms with Crippen LogP contribution in [0.5, 0.6) is 0 Å². The molecule has 0 saturated heterocycles. The van der Waals surface area contributed by atoms with Gasteiger partial charge in [0.15, 0.2) is 0 Å². The number of para-hydroxylation sites is 3. The summed E-state index contributed by atoms with van der Waals surface area (Å²) in [4.78, 5) is 2.54. The van der Waals surface area contributed by atoms with Crippen molar-refractivity contribution in [1.29, 1.82) is 0 Å². The average Bonchev–Trinajstić information content (AvgIpc) is 3.64. The molecule has 0 fully saturated rings. The number of benzene rings is 8. The summed E-state index contributed by atoms with van der Waals surface area (Å²) in [7, 11) is 0. The van der Waals surface area contributed by atoms with Crippen LogP contribution in [0.2, 0.25) is 0 Å². The molecule has 1 heterocycles. The van der Waals surface area contributed by atoms with Crippen LogP contribution in [0.25, 0.3) is 66.1 Å². The minimum Gasteiger partial charge on any atom is -0.456 e. The lowest BCUT2D eigenvalue weighted by Gasteiger charge is -2.33. The molecule has 0 radical (unpaired) electrons. The zero-order valence-electron chi connectivity index (χ0n) is 39.9. The zero-order valence-corrected chi connectivity index (χ0v) is 39.9. The van der Waals surface area contributed by atoms with Gasteiger partial charge >= 0.3 is 0 Å². The van der Waals surface area contributed by atoms with Crippen molar-refractivity contribution in [3.8, 4) is 33.4 Å². The fourth-order valence-corrected chi connectivity index (χ4v) is 9.26. The Kier molecular flexibility index (Phi) is 10.5. The maximum Gasteiger partial charge on any atom is 0.136 e. The Labute approximate surface area is 381 Å². The Balaban J connectivity index is 1.37. The van der Waals surface area contributed by atoms with Gasteiger partial charge in [-0.25, -0.2) is 0 Å². The summed E-state index contributed by atoms with van der Waals surface area (Å²) in [5, 5.41) is 4.72. The van der Waals surface area contributed by atoms with Crippen LogP contribution in [0.1, 0.15) is 105 Å². The lowest BCUT2D eigenvalue weighted by molar-refractivity contribution is 0.568. The number of fused-ring (bicyclic) bond motifs is 4. The number of rotatable bonds is 6. The fraction of sp³-hybridized carbons (Fsp3) is 0.258. The van der Waals surface area contributed by atoms with E-state index in [1.165, 1.54) is 55.3 Å². The first-order valence-corrected chi connectivity index (χ1v) is 23.0. The molecule has 0 amide bonds. The third-order valence-electron chi connectivity index (χ3n) is 13.1. The highest BCUT2D eigenvalue weighted by Crippen LogP contribution is 2.50. The second kappa shape index (κ2) is 15.7. The van der Waals surface area contributed by atoms with Gasteiger partial charge in [-0.3, -0.25) is 0 Å². The van der Waals surface area contributed by atoms with E-state index in [4.69, 9.17) is 4.42 Å². The molecular formula is C62H63NO. The van der Waals surface area contributed by atoms with Crippen LogP contribution >= 0.6 is 0 Å². The van der Waals surface area contributed by atoms with Crippen molar-refractivity contribution >= 4 is 49.8 Å². The first-order valence-electron chi connectivity index (χ1n) is 23.0. The SMILES string of the molecule is CC(C)(C)c1cc(-c2cccc3cccc(-c4ccccc4N(c4cc(C(C)(C)C)cc(C(C)(C)C)c4)c4ccccc4-c4cccc5oc6ccccc6c45)c23)cc(C(C)(C)C)c1. The Morgan fingerprint density at radius 3 is 1.28 bits per heavy atom. The highest BCUT2D eigenvalue weighted by Gasteiger charge is 2.28. The fourth-order valence-electron chi connectivity index (χ4n) is 9.26. The van der Waals surface area contributed by atoms with E-state index in [0.717, 1.165) is 50.1 Å². The van der Waals surface area contributed by atoms with Crippen LogP contribution < -0.4 is 4.90 Å². The third kappa shape index (κ3) is 7.93. The maximum atomic E-state index is 6.49. The second-order valence-corrected chi connectivity index (χ2v) is 21.9. The molecule has 0 aliphatic heterocycles. The summed E-state index contributed by atoms with van der Waals surface area (Å²) in [6, 6.07) is 61.1. The molecule has 0 aliphatic carbocycles. The molecule has 0 N–H and O–H groups in total. The molecule has 0 bridgehead atoms. The summed E-state index contributed by atoms with van der Waals surface area (Å²) in [5.41, 5.74) is 17.4. The van der Waals surface area contributed by atoms with Crippen LogP contribution in [-0.2, 0) is 21.7 Å². The van der Waals surface area contributed by atoms with Crippen molar-refractivity contribution in [2.75, 3.05) is 4.90 Å². The summed E-state index contributed by atoms with van der Waals surface area (Å²) in [6.45, 7) is 27.9. The predicted molar refractivity (Wildman–Crippen MR) is 277 cm³/mol. The molecule has 64 heavy (non-hydrogen) atoms. The largest absolute Gasteiger partial charge is 0.456 e. The molecule has 9 rings (SSSR count). The van der Waals surface area contributed by atoms with Crippen molar-refractivity contribution in [2.45, 2.75) is 105 Å². The monoisotopic (exact) mass is 837 g/mol. The highest BCUT2D eigenvalue weighted by atomic mass is 16.3. The Bertz CT molecular complexity index is 3130. The number of anilines is 3. The zero-order chi connectivity index (χ0) is 45.3.